The fourth-order valence-corrected chi connectivity index (χ4v) is 5.61. The summed E-state index contributed by atoms with van der Waals surface area (Å²) in [5.41, 5.74) is 1.44. The van der Waals surface area contributed by atoms with Crippen LogP contribution in [0, 0.1) is 0 Å². The molecular weight excluding hydrogens is 378 g/mol. The van der Waals surface area contributed by atoms with Crippen LogP contribution < -0.4 is 12.4 Å². The average Bonchev–Trinajstić information content (AvgIpc) is 2.67. The summed E-state index contributed by atoms with van der Waals surface area (Å²) in [4.78, 5) is 0. The van der Waals surface area contributed by atoms with Crippen LogP contribution in [-0.4, -0.2) is 54.3 Å². The van der Waals surface area contributed by atoms with Gasteiger partial charge in [-0.25, -0.2) is 0 Å². The third kappa shape index (κ3) is 9.07. The molecule has 0 aliphatic heterocycles. The zero-order valence-corrected chi connectivity index (χ0v) is 19.8. The highest BCUT2D eigenvalue weighted by Crippen LogP contribution is 2.22. The van der Waals surface area contributed by atoms with Crippen LogP contribution in [0.2, 0.25) is 6.04 Å². The molecule has 1 aromatic carbocycles. The first-order valence-electron chi connectivity index (χ1n) is 10.1. The minimum absolute atomic E-state index is 0. The summed E-state index contributed by atoms with van der Waals surface area (Å²) in [6.07, 6.45) is 6.15. The number of benzene rings is 1. The summed E-state index contributed by atoms with van der Waals surface area (Å²) in [7, 11) is 2.64. The predicted molar refractivity (Wildman–Crippen MR) is 111 cm³/mol. The van der Waals surface area contributed by atoms with Gasteiger partial charge >= 0.3 is 8.80 Å². The van der Waals surface area contributed by atoms with Crippen LogP contribution in [-0.2, 0) is 19.8 Å². The number of halogens is 1. The van der Waals surface area contributed by atoms with E-state index in [1.807, 2.05) is 0 Å². The number of rotatable bonds is 15. The molecule has 0 saturated carbocycles. The van der Waals surface area contributed by atoms with Crippen molar-refractivity contribution in [2.24, 2.45) is 0 Å². The van der Waals surface area contributed by atoms with E-state index in [2.05, 4.69) is 44.2 Å². The summed E-state index contributed by atoms with van der Waals surface area (Å²) < 4.78 is 18.0. The lowest BCUT2D eigenvalue weighted by Gasteiger charge is -2.39. The number of quaternary nitrogens is 1. The Morgan fingerprint density at radius 3 is 1.89 bits per heavy atom. The minimum atomic E-state index is -2.48. The second-order valence-electron chi connectivity index (χ2n) is 7.26. The smallest absolute Gasteiger partial charge is 0.500 e. The van der Waals surface area contributed by atoms with Crippen molar-refractivity contribution < 1.29 is 30.2 Å². The summed E-state index contributed by atoms with van der Waals surface area (Å²) in [5.74, 6) is 0. The van der Waals surface area contributed by atoms with E-state index in [0.29, 0.717) is 0 Å². The highest BCUT2D eigenvalue weighted by molar-refractivity contribution is 6.60. The van der Waals surface area contributed by atoms with Gasteiger partial charge < -0.3 is 30.2 Å². The molecule has 1 atom stereocenters. The third-order valence-electron chi connectivity index (χ3n) is 5.34. The van der Waals surface area contributed by atoms with Gasteiger partial charge in [0.15, 0.2) is 0 Å². The molecule has 1 rings (SSSR count). The van der Waals surface area contributed by atoms with Gasteiger partial charge in [-0.3, -0.25) is 0 Å². The van der Waals surface area contributed by atoms with Crippen molar-refractivity contribution in [3.05, 3.63) is 35.9 Å². The van der Waals surface area contributed by atoms with Gasteiger partial charge in [-0.05, 0) is 19.3 Å². The van der Waals surface area contributed by atoms with Crippen LogP contribution in [0.5, 0.6) is 0 Å². The van der Waals surface area contributed by atoms with E-state index in [4.69, 9.17) is 13.3 Å². The highest BCUT2D eigenvalue weighted by atomic mass is 35.5. The normalized spacial score (nSPS) is 13.8. The van der Waals surface area contributed by atoms with Gasteiger partial charge in [0.1, 0.15) is 6.54 Å². The molecule has 4 nitrogen and oxygen atoms in total. The van der Waals surface area contributed by atoms with Gasteiger partial charge in [0.25, 0.3) is 0 Å². The third-order valence-corrected chi connectivity index (χ3v) is 8.18. The van der Waals surface area contributed by atoms with E-state index in [0.717, 1.165) is 30.0 Å². The van der Waals surface area contributed by atoms with Crippen molar-refractivity contribution in [2.75, 3.05) is 41.0 Å². The van der Waals surface area contributed by atoms with Crippen molar-refractivity contribution in [1.82, 2.24) is 0 Å². The highest BCUT2D eigenvalue weighted by Gasteiger charge is 2.38. The molecule has 1 unspecified atom stereocenters. The average molecular weight is 418 g/mol. The Morgan fingerprint density at radius 1 is 0.778 bits per heavy atom. The van der Waals surface area contributed by atoms with Crippen LogP contribution in [0.3, 0.4) is 0 Å². The maximum absolute atomic E-state index is 5.62. The first kappa shape index (κ1) is 26.6. The maximum Gasteiger partial charge on any atom is 0.500 e. The maximum atomic E-state index is 5.62. The molecule has 6 heteroatoms. The number of hydrogen-bond acceptors (Lipinski definition) is 3. The van der Waals surface area contributed by atoms with Gasteiger partial charge in [0.2, 0.25) is 0 Å². The van der Waals surface area contributed by atoms with Crippen molar-refractivity contribution in [3.63, 3.8) is 0 Å². The van der Waals surface area contributed by atoms with E-state index in [9.17, 15) is 0 Å². The summed E-state index contributed by atoms with van der Waals surface area (Å²) >= 11 is 0. The van der Waals surface area contributed by atoms with E-state index < -0.39 is 8.80 Å². The van der Waals surface area contributed by atoms with Crippen LogP contribution >= 0.6 is 0 Å². The molecule has 0 aromatic heterocycles. The first-order chi connectivity index (χ1) is 12.6. The Labute approximate surface area is 174 Å². The first-order valence-corrected chi connectivity index (χ1v) is 12.1. The quantitative estimate of drug-likeness (QED) is 0.248. The van der Waals surface area contributed by atoms with Crippen molar-refractivity contribution in [2.45, 2.75) is 58.5 Å². The standard InChI is InChI=1S/C21H40NO3Si.ClH/c1-6-8-12-17-22(16-7-2,20-21-14-10-9-11-15-21)18-13-19-26(23-3,24-4)25-5;/h9-11,14-15H,6-8,12-13,16-20H2,1-5H3;1H/q+1;/p-1. The molecule has 0 aliphatic rings. The molecule has 0 amide bonds. The monoisotopic (exact) mass is 417 g/mol. The Kier molecular flexibility index (Phi) is 14.3. The molecule has 0 heterocycles. The van der Waals surface area contributed by atoms with Gasteiger partial charge in [-0.1, -0.05) is 50.6 Å². The molecule has 0 fully saturated rings. The molecule has 0 N–H and O–H groups in total. The van der Waals surface area contributed by atoms with Gasteiger partial charge in [0, 0.05) is 39.4 Å². The molecule has 1 aromatic rings. The molecule has 0 spiro atoms. The Morgan fingerprint density at radius 2 is 1.37 bits per heavy atom. The molecule has 0 radical (unpaired) electrons. The van der Waals surface area contributed by atoms with E-state index in [1.165, 1.54) is 44.3 Å². The van der Waals surface area contributed by atoms with Crippen LogP contribution in [0.4, 0.5) is 0 Å². The van der Waals surface area contributed by atoms with Gasteiger partial charge in [-0.15, -0.1) is 0 Å². The molecular formula is C21H40ClNO3Si. The van der Waals surface area contributed by atoms with Crippen molar-refractivity contribution in [1.29, 1.82) is 0 Å². The number of hydrogen-bond donors (Lipinski definition) is 0. The summed E-state index contributed by atoms with van der Waals surface area (Å²) in [6.45, 7) is 9.31. The number of unbranched alkanes of at least 4 members (excludes halogenated alkanes) is 2. The minimum Gasteiger partial charge on any atom is -1.00 e. The van der Waals surface area contributed by atoms with E-state index in [1.54, 1.807) is 21.3 Å². The number of nitrogens with zero attached hydrogens (tertiary/aromatic N) is 1. The SMILES string of the molecule is CCCCC[N+](CCC)(CCC[Si](OC)(OC)OC)Cc1ccccc1.[Cl-]. The van der Waals surface area contributed by atoms with Crippen LogP contribution in [0.25, 0.3) is 0 Å². The summed E-state index contributed by atoms with van der Waals surface area (Å²) in [5, 5.41) is 0. The Bertz CT molecular complexity index is 465. The lowest BCUT2D eigenvalue weighted by atomic mass is 10.1. The predicted octanol–water partition coefficient (Wildman–Crippen LogP) is 1.88. The Balaban J connectivity index is 0.00000676. The van der Waals surface area contributed by atoms with Crippen molar-refractivity contribution >= 4 is 8.80 Å². The van der Waals surface area contributed by atoms with Gasteiger partial charge in [0.05, 0.1) is 19.6 Å². The van der Waals surface area contributed by atoms with E-state index >= 15 is 0 Å². The second-order valence-corrected chi connectivity index (χ2v) is 10.4. The van der Waals surface area contributed by atoms with Gasteiger partial charge in [-0.2, -0.15) is 0 Å². The Hall–Kier alpha value is -0.433. The fraction of sp³-hybridized carbons (Fsp3) is 0.714. The lowest BCUT2D eigenvalue weighted by molar-refractivity contribution is -0.941. The second kappa shape index (κ2) is 14.5. The lowest BCUT2D eigenvalue weighted by Crippen LogP contribution is -3.00. The van der Waals surface area contributed by atoms with Crippen LogP contribution in [0.1, 0.15) is 51.5 Å². The molecule has 0 bridgehead atoms. The van der Waals surface area contributed by atoms with Crippen molar-refractivity contribution in [3.8, 4) is 0 Å². The summed E-state index contributed by atoms with van der Waals surface area (Å²) in [6, 6.07) is 11.8. The molecule has 0 aliphatic carbocycles. The molecule has 158 valence electrons. The fourth-order valence-electron chi connectivity index (χ4n) is 3.90. The zero-order chi connectivity index (χ0) is 19.3. The van der Waals surface area contributed by atoms with Crippen LogP contribution in [0.15, 0.2) is 30.3 Å². The molecule has 27 heavy (non-hydrogen) atoms. The molecule has 0 saturated heterocycles. The topological polar surface area (TPSA) is 27.7 Å². The zero-order valence-electron chi connectivity index (χ0n) is 18.0. The largest absolute Gasteiger partial charge is 1.00 e. The van der Waals surface area contributed by atoms with E-state index in [-0.39, 0.29) is 12.4 Å².